The van der Waals surface area contributed by atoms with Gasteiger partial charge in [0.25, 0.3) is 5.56 Å². The fourth-order valence-electron chi connectivity index (χ4n) is 1.15. The number of nitrogens with one attached hydrogen (secondary N) is 1. The maximum absolute atomic E-state index is 12.1. The molecule has 0 saturated heterocycles. The van der Waals surface area contributed by atoms with E-state index < -0.39 is 40.3 Å². The zero-order chi connectivity index (χ0) is 13.9. The average molecular weight is 263 g/mol. The van der Waals surface area contributed by atoms with Gasteiger partial charge < -0.3 is 9.72 Å². The molecule has 0 aliphatic carbocycles. The second-order valence-electron chi connectivity index (χ2n) is 2.95. The Labute approximate surface area is 96.6 Å². The molecule has 10 heteroatoms. The van der Waals surface area contributed by atoms with Gasteiger partial charge in [-0.25, -0.2) is 0 Å². The summed E-state index contributed by atoms with van der Waals surface area (Å²) in [5.74, 6) is -1.27. The summed E-state index contributed by atoms with van der Waals surface area (Å²) in [5, 5.41) is 18.9. The van der Waals surface area contributed by atoms with Gasteiger partial charge in [0, 0.05) is 0 Å². The minimum Gasteiger partial charge on any atom is -0.398 e. The van der Waals surface area contributed by atoms with Crippen LogP contribution in [0.25, 0.3) is 0 Å². The third-order valence-electron chi connectivity index (χ3n) is 1.79. The van der Waals surface area contributed by atoms with E-state index in [0.29, 0.717) is 6.20 Å². The zero-order valence-corrected chi connectivity index (χ0v) is 8.45. The van der Waals surface area contributed by atoms with Crippen LogP contribution in [0.5, 0.6) is 5.75 Å². The van der Waals surface area contributed by atoms with Gasteiger partial charge in [-0.3, -0.25) is 14.9 Å². The summed E-state index contributed by atoms with van der Waals surface area (Å²) in [5.41, 5.74) is -2.87. The third kappa shape index (κ3) is 2.97. The Bertz CT molecular complexity index is 572. The molecule has 1 aromatic heterocycles. The van der Waals surface area contributed by atoms with Crippen molar-refractivity contribution >= 4 is 5.69 Å². The second kappa shape index (κ2) is 4.74. The Morgan fingerprint density at radius 3 is 2.61 bits per heavy atom. The zero-order valence-electron chi connectivity index (χ0n) is 8.45. The summed E-state index contributed by atoms with van der Waals surface area (Å²) in [6, 6.07) is 1.43. The van der Waals surface area contributed by atoms with E-state index in [4.69, 9.17) is 5.26 Å². The first-order chi connectivity index (χ1) is 8.26. The minimum absolute atomic E-state index is 0.476. The molecule has 0 amide bonds. The molecule has 0 spiro atoms. The molecule has 0 saturated carbocycles. The average Bonchev–Trinajstić information content (AvgIpc) is 2.21. The number of hydrogen-bond acceptors (Lipinski definition) is 5. The number of nitriles is 1. The second-order valence-corrected chi connectivity index (χ2v) is 2.95. The van der Waals surface area contributed by atoms with Gasteiger partial charge in [0.1, 0.15) is 0 Å². The molecule has 0 radical (unpaired) electrons. The van der Waals surface area contributed by atoms with Gasteiger partial charge in [-0.15, -0.1) is 13.2 Å². The summed E-state index contributed by atoms with van der Waals surface area (Å²) in [6.45, 7) is 0. The summed E-state index contributed by atoms with van der Waals surface area (Å²) in [6.07, 6.45) is -5.48. The van der Waals surface area contributed by atoms with Crippen LogP contribution in [0.3, 0.4) is 0 Å². The molecule has 0 bridgehead atoms. The molecular weight excluding hydrogens is 259 g/mol. The van der Waals surface area contributed by atoms with Gasteiger partial charge >= 0.3 is 12.0 Å². The maximum Gasteiger partial charge on any atom is 0.573 e. The van der Waals surface area contributed by atoms with Gasteiger partial charge in [-0.05, 0) is 0 Å². The van der Waals surface area contributed by atoms with Crippen molar-refractivity contribution in [1.29, 1.82) is 5.26 Å². The van der Waals surface area contributed by atoms with Crippen LogP contribution < -0.4 is 10.3 Å². The standard InChI is InChI=1S/C8H4F3N3O4/c9-8(10,11)18-6-4(1-2-12)7(15)13-3-5(6)14(16)17/h3H,1H2,(H,13,15). The smallest absolute Gasteiger partial charge is 0.398 e. The normalized spacial score (nSPS) is 10.8. The van der Waals surface area contributed by atoms with Crippen molar-refractivity contribution in [3.8, 4) is 11.8 Å². The van der Waals surface area contributed by atoms with Crippen molar-refractivity contribution < 1.29 is 22.8 Å². The number of H-pyrrole nitrogens is 1. The molecule has 18 heavy (non-hydrogen) atoms. The Balaban J connectivity index is 3.49. The van der Waals surface area contributed by atoms with Crippen molar-refractivity contribution in [2.75, 3.05) is 0 Å². The molecule has 0 fully saturated rings. The molecule has 0 atom stereocenters. The van der Waals surface area contributed by atoms with Crippen LogP contribution in [0.15, 0.2) is 11.0 Å². The summed E-state index contributed by atoms with van der Waals surface area (Å²) in [4.78, 5) is 22.5. The topological polar surface area (TPSA) is 109 Å². The predicted molar refractivity (Wildman–Crippen MR) is 49.7 cm³/mol. The molecule has 1 rings (SSSR count). The summed E-state index contributed by atoms with van der Waals surface area (Å²) in [7, 11) is 0. The molecule has 0 aromatic carbocycles. The lowest BCUT2D eigenvalue weighted by atomic mass is 10.2. The number of hydrogen-bond donors (Lipinski definition) is 1. The van der Waals surface area contributed by atoms with E-state index >= 15 is 0 Å². The number of halogens is 3. The molecule has 7 nitrogen and oxygen atoms in total. The molecule has 0 aliphatic rings. The molecular formula is C8H4F3N3O4. The highest BCUT2D eigenvalue weighted by Gasteiger charge is 2.36. The van der Waals surface area contributed by atoms with Crippen molar-refractivity contribution in [2.24, 2.45) is 0 Å². The number of aromatic nitrogens is 1. The lowest BCUT2D eigenvalue weighted by Crippen LogP contribution is -2.23. The largest absolute Gasteiger partial charge is 0.573 e. The number of rotatable bonds is 3. The van der Waals surface area contributed by atoms with E-state index in [9.17, 15) is 28.1 Å². The van der Waals surface area contributed by atoms with Crippen molar-refractivity contribution in [3.63, 3.8) is 0 Å². The van der Waals surface area contributed by atoms with Crippen LogP contribution in [0.1, 0.15) is 5.56 Å². The van der Waals surface area contributed by atoms with Gasteiger partial charge in [-0.1, -0.05) is 0 Å². The number of nitro groups is 1. The predicted octanol–water partition coefficient (Wildman–Crippen LogP) is 1.25. The fourth-order valence-corrected chi connectivity index (χ4v) is 1.15. The quantitative estimate of drug-likeness (QED) is 0.651. The van der Waals surface area contributed by atoms with Gasteiger partial charge in [0.05, 0.1) is 29.2 Å². The first kappa shape index (κ1) is 13.5. The number of alkyl halides is 3. The number of nitrogens with zero attached hydrogens (tertiary/aromatic N) is 2. The fraction of sp³-hybridized carbons (Fsp3) is 0.250. The molecule has 96 valence electrons. The molecule has 1 heterocycles. The Morgan fingerprint density at radius 1 is 1.56 bits per heavy atom. The van der Waals surface area contributed by atoms with Crippen molar-refractivity contribution in [1.82, 2.24) is 4.98 Å². The van der Waals surface area contributed by atoms with E-state index in [1.807, 2.05) is 4.98 Å². The van der Waals surface area contributed by atoms with E-state index in [-0.39, 0.29) is 0 Å². The van der Waals surface area contributed by atoms with Crippen LogP contribution in [0, 0.1) is 21.4 Å². The first-order valence-corrected chi connectivity index (χ1v) is 4.28. The van der Waals surface area contributed by atoms with Gasteiger partial charge in [0.15, 0.2) is 0 Å². The monoisotopic (exact) mass is 263 g/mol. The van der Waals surface area contributed by atoms with Crippen LogP contribution in [0.2, 0.25) is 0 Å². The Morgan fingerprint density at radius 2 is 2.17 bits per heavy atom. The van der Waals surface area contributed by atoms with Crippen molar-refractivity contribution in [3.05, 3.63) is 32.2 Å². The van der Waals surface area contributed by atoms with E-state index in [1.54, 1.807) is 0 Å². The molecule has 0 aliphatic heterocycles. The molecule has 1 aromatic rings. The summed E-state index contributed by atoms with van der Waals surface area (Å²) >= 11 is 0. The highest BCUT2D eigenvalue weighted by molar-refractivity contribution is 5.50. The highest BCUT2D eigenvalue weighted by Crippen LogP contribution is 2.33. The number of aromatic amines is 1. The van der Waals surface area contributed by atoms with Crippen LogP contribution >= 0.6 is 0 Å². The molecule has 0 unspecified atom stereocenters. The lowest BCUT2D eigenvalue weighted by Gasteiger charge is -2.11. The van der Waals surface area contributed by atoms with E-state index in [0.717, 1.165) is 0 Å². The van der Waals surface area contributed by atoms with Gasteiger partial charge in [-0.2, -0.15) is 5.26 Å². The van der Waals surface area contributed by atoms with Crippen LogP contribution in [0.4, 0.5) is 18.9 Å². The van der Waals surface area contributed by atoms with E-state index in [1.165, 1.54) is 6.07 Å². The number of ether oxygens (including phenoxy) is 1. The SMILES string of the molecule is N#CCc1c(OC(F)(F)F)c([N+](=O)[O-])c[nH]c1=O. The molecule has 1 N–H and O–H groups in total. The number of pyridine rings is 1. The first-order valence-electron chi connectivity index (χ1n) is 4.28. The van der Waals surface area contributed by atoms with Crippen LogP contribution in [-0.4, -0.2) is 16.3 Å². The summed E-state index contributed by atoms with van der Waals surface area (Å²) < 4.78 is 39.7. The lowest BCUT2D eigenvalue weighted by molar-refractivity contribution is -0.389. The van der Waals surface area contributed by atoms with Crippen molar-refractivity contribution in [2.45, 2.75) is 12.8 Å². The van der Waals surface area contributed by atoms with Gasteiger partial charge in [0.2, 0.25) is 5.75 Å². The Kier molecular flexibility index (Phi) is 3.55. The Hall–Kier alpha value is -2.57. The van der Waals surface area contributed by atoms with Crippen LogP contribution in [-0.2, 0) is 6.42 Å². The highest BCUT2D eigenvalue weighted by atomic mass is 19.4. The maximum atomic E-state index is 12.1. The minimum atomic E-state index is -5.21. The van der Waals surface area contributed by atoms with E-state index in [2.05, 4.69) is 4.74 Å². The third-order valence-corrected chi connectivity index (χ3v) is 1.79.